The summed E-state index contributed by atoms with van der Waals surface area (Å²) in [6, 6.07) is 43.1. The zero-order valence-corrected chi connectivity index (χ0v) is 25.9. The molecule has 0 saturated carbocycles. The van der Waals surface area contributed by atoms with Crippen LogP contribution in [-0.4, -0.2) is 12.0 Å². The van der Waals surface area contributed by atoms with Gasteiger partial charge in [0.1, 0.15) is 0 Å². The molecule has 0 unspecified atom stereocenters. The third-order valence-corrected chi connectivity index (χ3v) is 6.09. The van der Waals surface area contributed by atoms with Gasteiger partial charge >= 0.3 is 20.1 Å². The predicted molar refractivity (Wildman–Crippen MR) is 143 cm³/mol. The Kier molecular flexibility index (Phi) is 9.51. The molecule has 38 heavy (non-hydrogen) atoms. The SMILES string of the molecule is CN1[CH-]N(c2[c-]cccc2)c2ccccc21.[Ir+3].[Y].[c-]1ccccc1-c1[c-]c2c([c-]c1)-c1ncccc1OC2. The maximum Gasteiger partial charge on any atom is 3.00 e. The zero-order valence-electron chi connectivity index (χ0n) is 20.7. The summed E-state index contributed by atoms with van der Waals surface area (Å²) < 4.78 is 5.72. The summed E-state index contributed by atoms with van der Waals surface area (Å²) in [5, 5.41) is 0. The minimum atomic E-state index is 0. The smallest absolute Gasteiger partial charge is 0.508 e. The van der Waals surface area contributed by atoms with Crippen molar-refractivity contribution in [2.24, 2.45) is 0 Å². The van der Waals surface area contributed by atoms with Gasteiger partial charge in [-0.3, -0.25) is 0 Å². The second-order valence-electron chi connectivity index (χ2n) is 8.43. The molecule has 1 aromatic heterocycles. The van der Waals surface area contributed by atoms with E-state index in [1.165, 1.54) is 11.4 Å². The number of ether oxygens (including phenoxy) is 1. The van der Waals surface area contributed by atoms with Gasteiger partial charge < -0.3 is 19.5 Å². The zero-order chi connectivity index (χ0) is 24.3. The molecule has 5 aromatic rings. The molecule has 185 valence electrons. The Morgan fingerprint density at radius 1 is 0.842 bits per heavy atom. The van der Waals surface area contributed by atoms with Gasteiger partial charge in [-0.25, -0.2) is 29.3 Å². The van der Waals surface area contributed by atoms with E-state index in [9.17, 15) is 0 Å². The molecular weight excluding hydrogens is 723 g/mol. The maximum atomic E-state index is 5.72. The van der Waals surface area contributed by atoms with Crippen molar-refractivity contribution in [3.8, 4) is 28.1 Å². The molecule has 0 bridgehead atoms. The van der Waals surface area contributed by atoms with Crippen molar-refractivity contribution in [1.82, 2.24) is 4.98 Å². The number of nitrogens with zero attached hydrogens (tertiary/aromatic N) is 3. The largest absolute Gasteiger partial charge is 3.00 e. The Labute approximate surface area is 262 Å². The van der Waals surface area contributed by atoms with E-state index in [0.717, 1.165) is 39.4 Å². The third kappa shape index (κ3) is 5.77. The molecule has 0 amide bonds. The fourth-order valence-corrected chi connectivity index (χ4v) is 4.35. The van der Waals surface area contributed by atoms with E-state index in [1.54, 1.807) is 6.20 Å². The number of anilines is 3. The van der Waals surface area contributed by atoms with Gasteiger partial charge in [0.05, 0.1) is 12.4 Å². The van der Waals surface area contributed by atoms with Crippen molar-refractivity contribution >= 4 is 17.1 Å². The van der Waals surface area contributed by atoms with E-state index in [0.29, 0.717) is 6.61 Å². The Morgan fingerprint density at radius 2 is 1.61 bits per heavy atom. The summed E-state index contributed by atoms with van der Waals surface area (Å²) in [5.41, 5.74) is 8.29. The number of benzene rings is 4. The van der Waals surface area contributed by atoms with Crippen LogP contribution in [-0.2, 0) is 59.4 Å². The van der Waals surface area contributed by atoms with E-state index in [-0.39, 0.29) is 52.8 Å². The van der Waals surface area contributed by atoms with Crippen LogP contribution in [0.25, 0.3) is 22.4 Å². The van der Waals surface area contributed by atoms with Crippen molar-refractivity contribution in [3.05, 3.63) is 134 Å². The second-order valence-corrected chi connectivity index (χ2v) is 8.43. The van der Waals surface area contributed by atoms with Crippen molar-refractivity contribution < 1.29 is 57.6 Å². The Hall–Kier alpha value is -2.82. The van der Waals surface area contributed by atoms with Crippen LogP contribution in [0.4, 0.5) is 17.1 Å². The average Bonchev–Trinajstić information content (AvgIpc) is 3.30. The average molecular weight is 746 g/mol. The molecule has 0 saturated heterocycles. The monoisotopic (exact) mass is 746 g/mol. The molecule has 3 heterocycles. The third-order valence-electron chi connectivity index (χ3n) is 6.09. The Balaban J connectivity index is 0.000000172. The first-order chi connectivity index (χ1) is 17.8. The van der Waals surface area contributed by atoms with Gasteiger partial charge in [-0.2, -0.15) is 72.4 Å². The Morgan fingerprint density at radius 3 is 2.37 bits per heavy atom. The van der Waals surface area contributed by atoms with E-state index in [2.05, 4.69) is 83.1 Å². The molecular formula is C32H22IrN3OY-2. The molecule has 0 fully saturated rings. The number of aromatic nitrogens is 1. The first kappa shape index (κ1) is 28.2. The summed E-state index contributed by atoms with van der Waals surface area (Å²) in [7, 11) is 2.06. The first-order valence-corrected chi connectivity index (χ1v) is 11.7. The molecule has 0 spiro atoms. The second kappa shape index (κ2) is 12.8. The maximum absolute atomic E-state index is 5.72. The Bertz CT molecular complexity index is 1500. The van der Waals surface area contributed by atoms with Crippen LogP contribution in [0.1, 0.15) is 5.56 Å². The quantitative estimate of drug-likeness (QED) is 0.184. The number of para-hydroxylation sites is 3. The van der Waals surface area contributed by atoms with Gasteiger partial charge in [0.15, 0.2) is 0 Å². The molecule has 2 aliphatic rings. The summed E-state index contributed by atoms with van der Waals surface area (Å²) in [6.07, 6.45) is 1.77. The fraction of sp³-hybridized carbons (Fsp3) is 0.0625. The number of rotatable bonds is 2. The molecule has 0 N–H and O–H groups in total. The number of hydrogen-bond donors (Lipinski definition) is 0. The number of fused-ring (bicyclic) bond motifs is 4. The minimum Gasteiger partial charge on any atom is -0.508 e. The van der Waals surface area contributed by atoms with E-state index in [1.807, 2.05) is 60.7 Å². The van der Waals surface area contributed by atoms with E-state index >= 15 is 0 Å². The van der Waals surface area contributed by atoms with Gasteiger partial charge in [-0.1, -0.05) is 12.1 Å². The van der Waals surface area contributed by atoms with Gasteiger partial charge in [-0.15, -0.1) is 11.8 Å². The van der Waals surface area contributed by atoms with Gasteiger partial charge in [0.2, 0.25) is 0 Å². The molecule has 1 radical (unpaired) electrons. The van der Waals surface area contributed by atoms with Crippen LogP contribution in [0.3, 0.4) is 0 Å². The van der Waals surface area contributed by atoms with Crippen LogP contribution in [0, 0.1) is 30.9 Å². The van der Waals surface area contributed by atoms with Crippen molar-refractivity contribution in [1.29, 1.82) is 0 Å². The molecule has 2 aliphatic heterocycles. The van der Waals surface area contributed by atoms with Crippen molar-refractivity contribution in [3.63, 3.8) is 0 Å². The number of hydrogen-bond acceptors (Lipinski definition) is 4. The fourth-order valence-electron chi connectivity index (χ4n) is 4.35. The molecule has 4 aromatic carbocycles. The summed E-state index contributed by atoms with van der Waals surface area (Å²) in [6.45, 7) is 2.59. The standard InChI is InChI=1S/C18H10NO.C14H12N2.Ir.Y/c1-2-5-13(6-3-1)14-8-9-16-15(11-14)12-20-17-7-4-10-19-18(16)17;1-15-11-16(12-7-3-2-4-8-12)14-10-6-5-9-13(14)15;;/h1-5,7-8,10H,12H2;2-7,9-11H,1H3;;/q-3;-2;+3;. The summed E-state index contributed by atoms with van der Waals surface area (Å²) in [4.78, 5) is 8.65. The summed E-state index contributed by atoms with van der Waals surface area (Å²) >= 11 is 0. The topological polar surface area (TPSA) is 28.6 Å². The molecule has 7 rings (SSSR count). The molecule has 6 heteroatoms. The molecule has 0 aliphatic carbocycles. The van der Waals surface area contributed by atoms with Gasteiger partial charge in [0.25, 0.3) is 0 Å². The predicted octanol–water partition coefficient (Wildman–Crippen LogP) is 6.90. The van der Waals surface area contributed by atoms with E-state index in [4.69, 9.17) is 4.74 Å². The van der Waals surface area contributed by atoms with Crippen LogP contribution in [0.2, 0.25) is 0 Å². The van der Waals surface area contributed by atoms with Crippen LogP contribution in [0.5, 0.6) is 5.75 Å². The molecule has 4 nitrogen and oxygen atoms in total. The van der Waals surface area contributed by atoms with Crippen molar-refractivity contribution in [2.75, 3.05) is 16.8 Å². The van der Waals surface area contributed by atoms with E-state index < -0.39 is 0 Å². The van der Waals surface area contributed by atoms with Crippen molar-refractivity contribution in [2.45, 2.75) is 6.61 Å². The normalized spacial score (nSPS) is 12.3. The van der Waals surface area contributed by atoms with Gasteiger partial charge in [0, 0.05) is 50.3 Å². The number of pyridine rings is 1. The summed E-state index contributed by atoms with van der Waals surface area (Å²) in [5.74, 6) is 0.809. The first-order valence-electron chi connectivity index (χ1n) is 11.7. The molecule has 0 atom stereocenters. The van der Waals surface area contributed by atoms with Crippen LogP contribution >= 0.6 is 0 Å². The minimum absolute atomic E-state index is 0. The van der Waals surface area contributed by atoms with Gasteiger partial charge in [-0.05, 0) is 37.0 Å². The van der Waals surface area contributed by atoms with Crippen LogP contribution < -0.4 is 14.5 Å². The van der Waals surface area contributed by atoms with Crippen LogP contribution in [0.15, 0.2) is 97.2 Å².